The van der Waals surface area contributed by atoms with Crippen LogP contribution in [-0.2, 0) is 0 Å². The van der Waals surface area contributed by atoms with Gasteiger partial charge in [0.15, 0.2) is 0 Å². The molecule has 0 saturated heterocycles. The highest BCUT2D eigenvalue weighted by Crippen LogP contribution is 2.31. The lowest BCUT2D eigenvalue weighted by atomic mass is 10.2. The normalized spacial score (nSPS) is 21.2. The highest BCUT2D eigenvalue weighted by Gasteiger charge is 2.34. The molecule has 1 fully saturated rings. The Morgan fingerprint density at radius 3 is 2.89 bits per heavy atom. The van der Waals surface area contributed by atoms with Crippen molar-refractivity contribution in [2.75, 3.05) is 0 Å². The first-order chi connectivity index (χ1) is 9.15. The van der Waals surface area contributed by atoms with Gasteiger partial charge < -0.3 is 5.32 Å². The van der Waals surface area contributed by atoms with Gasteiger partial charge in [-0.25, -0.2) is 9.37 Å². The van der Waals surface area contributed by atoms with Gasteiger partial charge in [0, 0.05) is 11.6 Å². The molecule has 0 unspecified atom stereocenters. The molecule has 2 atom stereocenters. The van der Waals surface area contributed by atoms with E-state index in [2.05, 4.69) is 17.2 Å². The molecule has 1 saturated carbocycles. The van der Waals surface area contributed by atoms with Crippen LogP contribution in [0.3, 0.4) is 0 Å². The maximum absolute atomic E-state index is 13.6. The van der Waals surface area contributed by atoms with Crippen molar-refractivity contribution in [3.8, 4) is 10.6 Å². The Morgan fingerprint density at radius 2 is 2.21 bits per heavy atom. The number of hydrogen-bond acceptors (Lipinski definition) is 3. The molecular weight excluding hydrogens is 263 g/mol. The fourth-order valence-electron chi connectivity index (χ4n) is 1.90. The summed E-state index contributed by atoms with van der Waals surface area (Å²) in [5, 5.41) is 3.47. The molecule has 0 bridgehead atoms. The van der Waals surface area contributed by atoms with Crippen LogP contribution in [0.4, 0.5) is 4.39 Å². The zero-order valence-corrected chi connectivity index (χ0v) is 11.2. The number of rotatable bonds is 3. The number of amides is 1. The number of hydrogen-bond donors (Lipinski definition) is 1. The van der Waals surface area contributed by atoms with E-state index in [9.17, 15) is 9.18 Å². The number of benzene rings is 1. The molecule has 19 heavy (non-hydrogen) atoms. The van der Waals surface area contributed by atoms with Crippen LogP contribution in [-0.4, -0.2) is 16.9 Å². The number of carbonyl (C=O) groups excluding carboxylic acids is 1. The molecule has 5 heteroatoms. The van der Waals surface area contributed by atoms with Gasteiger partial charge in [-0.3, -0.25) is 4.79 Å². The molecular formula is C14H13FN2OS. The summed E-state index contributed by atoms with van der Waals surface area (Å²) in [6.45, 7) is 2.10. The Hall–Kier alpha value is -1.75. The molecule has 1 aliphatic carbocycles. The van der Waals surface area contributed by atoms with E-state index in [1.165, 1.54) is 23.6 Å². The molecule has 2 aromatic rings. The lowest BCUT2D eigenvalue weighted by Gasteiger charge is -2.00. The summed E-state index contributed by atoms with van der Waals surface area (Å²) in [6, 6.07) is 6.73. The monoisotopic (exact) mass is 276 g/mol. The second kappa shape index (κ2) is 4.74. The molecule has 0 aliphatic heterocycles. The molecule has 0 spiro atoms. The van der Waals surface area contributed by atoms with Gasteiger partial charge in [-0.15, -0.1) is 11.3 Å². The van der Waals surface area contributed by atoms with Gasteiger partial charge in [-0.05, 0) is 24.5 Å². The summed E-state index contributed by atoms with van der Waals surface area (Å²) in [5.41, 5.74) is 0.436. The summed E-state index contributed by atoms with van der Waals surface area (Å²) < 4.78 is 13.6. The highest BCUT2D eigenvalue weighted by atomic mass is 32.1. The zero-order valence-electron chi connectivity index (χ0n) is 10.4. The van der Waals surface area contributed by atoms with Crippen LogP contribution >= 0.6 is 11.3 Å². The second-order valence-corrected chi connectivity index (χ2v) is 5.83. The van der Waals surface area contributed by atoms with E-state index in [0.29, 0.717) is 21.4 Å². The Balaban J connectivity index is 1.79. The van der Waals surface area contributed by atoms with Crippen LogP contribution in [0.15, 0.2) is 30.5 Å². The summed E-state index contributed by atoms with van der Waals surface area (Å²) >= 11 is 1.22. The van der Waals surface area contributed by atoms with E-state index >= 15 is 0 Å². The van der Waals surface area contributed by atoms with Gasteiger partial charge in [-0.2, -0.15) is 0 Å². The van der Waals surface area contributed by atoms with E-state index in [4.69, 9.17) is 0 Å². The predicted molar refractivity (Wildman–Crippen MR) is 72.5 cm³/mol. The van der Waals surface area contributed by atoms with Gasteiger partial charge in [0.05, 0.1) is 6.20 Å². The number of nitrogens with zero attached hydrogens (tertiary/aromatic N) is 1. The third-order valence-corrected chi connectivity index (χ3v) is 4.29. The van der Waals surface area contributed by atoms with Gasteiger partial charge in [-0.1, -0.05) is 19.1 Å². The molecule has 98 valence electrons. The SMILES string of the molecule is C[C@H]1C[C@H]1NC(=O)c1cnc(-c2ccccc2F)s1. The topological polar surface area (TPSA) is 42.0 Å². The maximum atomic E-state index is 13.6. The predicted octanol–water partition coefficient (Wildman–Crippen LogP) is 3.09. The fourth-order valence-corrected chi connectivity index (χ4v) is 2.75. The third kappa shape index (κ3) is 2.51. The minimum Gasteiger partial charge on any atom is -0.348 e. The fraction of sp³-hybridized carbons (Fsp3) is 0.286. The van der Waals surface area contributed by atoms with Crippen molar-refractivity contribution in [3.63, 3.8) is 0 Å². The molecule has 1 heterocycles. The Kier molecular flexibility index (Phi) is 3.06. The van der Waals surface area contributed by atoms with Crippen molar-refractivity contribution >= 4 is 17.2 Å². The minimum absolute atomic E-state index is 0.116. The molecule has 1 amide bonds. The van der Waals surface area contributed by atoms with Crippen LogP contribution < -0.4 is 5.32 Å². The van der Waals surface area contributed by atoms with Crippen LogP contribution in [0.5, 0.6) is 0 Å². The molecule has 3 nitrogen and oxygen atoms in total. The average molecular weight is 276 g/mol. The van der Waals surface area contributed by atoms with E-state index in [1.807, 2.05) is 0 Å². The van der Waals surface area contributed by atoms with Crippen molar-refractivity contribution in [1.82, 2.24) is 10.3 Å². The van der Waals surface area contributed by atoms with Crippen LogP contribution in [0.1, 0.15) is 23.0 Å². The van der Waals surface area contributed by atoms with Crippen molar-refractivity contribution in [3.05, 3.63) is 41.2 Å². The molecule has 1 N–H and O–H groups in total. The summed E-state index contributed by atoms with van der Waals surface area (Å²) in [5.74, 6) is 0.122. The first kappa shape index (κ1) is 12.3. The van der Waals surface area contributed by atoms with Gasteiger partial charge >= 0.3 is 0 Å². The molecule has 1 aromatic heterocycles. The second-order valence-electron chi connectivity index (χ2n) is 4.80. The van der Waals surface area contributed by atoms with E-state index < -0.39 is 0 Å². The lowest BCUT2D eigenvalue weighted by molar-refractivity contribution is 0.0953. The van der Waals surface area contributed by atoms with Crippen molar-refractivity contribution in [2.45, 2.75) is 19.4 Å². The third-order valence-electron chi connectivity index (χ3n) is 3.26. The minimum atomic E-state index is -0.320. The average Bonchev–Trinajstić information content (AvgIpc) is 2.92. The summed E-state index contributed by atoms with van der Waals surface area (Å²) in [7, 11) is 0. The van der Waals surface area contributed by atoms with Gasteiger partial charge in [0.2, 0.25) is 0 Å². The standard InChI is InChI=1S/C14H13FN2OS/c1-8-6-11(8)17-13(18)12-7-16-14(19-12)9-4-2-3-5-10(9)15/h2-5,7-8,11H,6H2,1H3,(H,17,18)/t8-,11+/m0/s1. The first-order valence-electron chi connectivity index (χ1n) is 6.17. The Morgan fingerprint density at radius 1 is 1.47 bits per heavy atom. The van der Waals surface area contributed by atoms with E-state index in [-0.39, 0.29) is 17.8 Å². The number of aromatic nitrogens is 1. The van der Waals surface area contributed by atoms with E-state index in [0.717, 1.165) is 6.42 Å². The largest absolute Gasteiger partial charge is 0.348 e. The van der Waals surface area contributed by atoms with Crippen LogP contribution in [0.25, 0.3) is 10.6 Å². The van der Waals surface area contributed by atoms with Gasteiger partial charge in [0.25, 0.3) is 5.91 Å². The lowest BCUT2D eigenvalue weighted by Crippen LogP contribution is -2.25. The van der Waals surface area contributed by atoms with Crippen molar-refractivity contribution < 1.29 is 9.18 Å². The van der Waals surface area contributed by atoms with Crippen molar-refractivity contribution in [1.29, 1.82) is 0 Å². The molecule has 3 rings (SSSR count). The molecule has 0 radical (unpaired) electrons. The summed E-state index contributed by atoms with van der Waals surface area (Å²) in [4.78, 5) is 16.6. The quantitative estimate of drug-likeness (QED) is 0.936. The zero-order chi connectivity index (χ0) is 13.4. The van der Waals surface area contributed by atoms with Crippen LogP contribution in [0.2, 0.25) is 0 Å². The van der Waals surface area contributed by atoms with E-state index in [1.54, 1.807) is 18.2 Å². The Bertz CT molecular complexity index is 625. The number of carbonyl (C=O) groups is 1. The Labute approximate surface area is 114 Å². The smallest absolute Gasteiger partial charge is 0.263 e. The highest BCUT2D eigenvalue weighted by molar-refractivity contribution is 7.16. The van der Waals surface area contributed by atoms with Crippen molar-refractivity contribution in [2.24, 2.45) is 5.92 Å². The molecule has 1 aromatic carbocycles. The number of thiazole rings is 1. The molecule has 1 aliphatic rings. The first-order valence-corrected chi connectivity index (χ1v) is 6.98. The summed E-state index contributed by atoms with van der Waals surface area (Å²) in [6.07, 6.45) is 2.54. The van der Waals surface area contributed by atoms with Gasteiger partial charge in [0.1, 0.15) is 15.7 Å². The number of halogens is 1. The maximum Gasteiger partial charge on any atom is 0.263 e. The number of nitrogens with one attached hydrogen (secondary N) is 1. The van der Waals surface area contributed by atoms with Crippen LogP contribution in [0, 0.1) is 11.7 Å².